The van der Waals surface area contributed by atoms with Gasteiger partial charge in [0.15, 0.2) is 11.5 Å². The average Bonchev–Trinajstić information content (AvgIpc) is 3.07. The standard InChI is InChI=1S/C35H44ClN3O7S/c1-6-29(35(41)37-27-14-8-7-9-15-27)38(22-25-13-11-10-12-24(25)2)34(40)23-39(30-20-26(36)16-18-31(30)44-3)47(42,43)28-17-19-32(45-4)33(21-28)46-5/h10-13,16-21,27,29H,6-9,14-15,22-23H2,1-5H3,(H,37,41)/t29-/m1/s1. The Balaban J connectivity index is 1.80. The molecule has 1 aliphatic rings. The lowest BCUT2D eigenvalue weighted by Gasteiger charge is -2.35. The Bertz CT molecular complexity index is 1660. The summed E-state index contributed by atoms with van der Waals surface area (Å²) in [5.74, 6) is -0.0853. The summed E-state index contributed by atoms with van der Waals surface area (Å²) < 4.78 is 46.1. The van der Waals surface area contributed by atoms with Gasteiger partial charge in [-0.05, 0) is 67.6 Å². The highest BCUT2D eigenvalue weighted by molar-refractivity contribution is 7.92. The molecule has 0 aliphatic heterocycles. The molecule has 1 fully saturated rings. The van der Waals surface area contributed by atoms with Crippen LogP contribution in [0.15, 0.2) is 65.6 Å². The second-order valence-corrected chi connectivity index (χ2v) is 13.9. The van der Waals surface area contributed by atoms with Crippen LogP contribution in [0, 0.1) is 6.92 Å². The van der Waals surface area contributed by atoms with Gasteiger partial charge in [0.2, 0.25) is 11.8 Å². The average molecular weight is 686 g/mol. The maximum absolute atomic E-state index is 14.5. The van der Waals surface area contributed by atoms with Crippen molar-refractivity contribution in [2.45, 2.75) is 75.9 Å². The van der Waals surface area contributed by atoms with Gasteiger partial charge in [-0.2, -0.15) is 0 Å². The number of ether oxygens (including phenoxy) is 3. The van der Waals surface area contributed by atoms with E-state index in [0.29, 0.717) is 12.2 Å². The third-order valence-corrected chi connectivity index (χ3v) is 10.6. The van der Waals surface area contributed by atoms with Crippen LogP contribution in [-0.2, 0) is 26.2 Å². The molecule has 0 spiro atoms. The molecule has 0 radical (unpaired) electrons. The molecule has 254 valence electrons. The molecule has 4 rings (SSSR count). The third-order valence-electron chi connectivity index (χ3n) is 8.57. The van der Waals surface area contributed by atoms with Gasteiger partial charge >= 0.3 is 0 Å². The molecule has 3 aromatic rings. The van der Waals surface area contributed by atoms with Gasteiger partial charge < -0.3 is 24.4 Å². The number of aryl methyl sites for hydroxylation is 1. The number of halogens is 1. The molecule has 1 N–H and O–H groups in total. The van der Waals surface area contributed by atoms with Crippen molar-refractivity contribution in [1.82, 2.24) is 10.2 Å². The number of amides is 2. The second-order valence-electron chi connectivity index (χ2n) is 11.6. The van der Waals surface area contributed by atoms with Crippen LogP contribution in [0.25, 0.3) is 0 Å². The molecule has 1 aliphatic carbocycles. The number of nitrogens with one attached hydrogen (secondary N) is 1. The predicted molar refractivity (Wildman–Crippen MR) is 183 cm³/mol. The van der Waals surface area contributed by atoms with Crippen LogP contribution in [0.3, 0.4) is 0 Å². The molecule has 3 aromatic carbocycles. The minimum atomic E-state index is -4.43. The molecule has 0 unspecified atom stereocenters. The van der Waals surface area contributed by atoms with Crippen LogP contribution in [0.2, 0.25) is 5.02 Å². The summed E-state index contributed by atoms with van der Waals surface area (Å²) in [5, 5.41) is 3.41. The monoisotopic (exact) mass is 685 g/mol. The largest absolute Gasteiger partial charge is 0.495 e. The van der Waals surface area contributed by atoms with E-state index in [1.54, 1.807) is 6.07 Å². The summed E-state index contributed by atoms with van der Waals surface area (Å²) in [4.78, 5) is 29.7. The molecule has 0 bridgehead atoms. The number of anilines is 1. The number of hydrogen-bond acceptors (Lipinski definition) is 7. The van der Waals surface area contributed by atoms with E-state index in [4.69, 9.17) is 25.8 Å². The summed E-state index contributed by atoms with van der Waals surface area (Å²) in [6, 6.07) is 15.6. The number of benzene rings is 3. The first-order chi connectivity index (χ1) is 22.5. The molecule has 0 heterocycles. The SMILES string of the molecule is CC[C@H](C(=O)NC1CCCCC1)N(Cc1ccccc1C)C(=O)CN(c1cc(Cl)ccc1OC)S(=O)(=O)c1ccc(OC)c(OC)c1. The van der Waals surface area contributed by atoms with Crippen molar-refractivity contribution >= 4 is 39.1 Å². The van der Waals surface area contributed by atoms with Gasteiger partial charge in [-0.3, -0.25) is 13.9 Å². The lowest BCUT2D eigenvalue weighted by molar-refractivity contribution is -0.140. The van der Waals surface area contributed by atoms with Crippen molar-refractivity contribution < 1.29 is 32.2 Å². The first-order valence-corrected chi connectivity index (χ1v) is 17.6. The van der Waals surface area contributed by atoms with E-state index >= 15 is 0 Å². The molecule has 0 aromatic heterocycles. The molecule has 47 heavy (non-hydrogen) atoms. The van der Waals surface area contributed by atoms with Crippen LogP contribution < -0.4 is 23.8 Å². The van der Waals surface area contributed by atoms with Crippen molar-refractivity contribution in [2.24, 2.45) is 0 Å². The Morgan fingerprint density at radius 3 is 2.21 bits per heavy atom. The Hall–Kier alpha value is -3.96. The lowest BCUT2D eigenvalue weighted by Crippen LogP contribution is -2.54. The first-order valence-electron chi connectivity index (χ1n) is 15.8. The summed E-state index contributed by atoms with van der Waals surface area (Å²) in [6.07, 6.45) is 5.33. The zero-order valence-corrected chi connectivity index (χ0v) is 29.2. The summed E-state index contributed by atoms with van der Waals surface area (Å²) in [7, 11) is -0.174. The number of carbonyl (C=O) groups is 2. The first kappa shape index (κ1) is 35.9. The normalized spacial score (nSPS) is 14.2. The van der Waals surface area contributed by atoms with Gasteiger partial charge in [0.25, 0.3) is 10.0 Å². The molecule has 12 heteroatoms. The second kappa shape index (κ2) is 16.2. The zero-order valence-electron chi connectivity index (χ0n) is 27.6. The fourth-order valence-corrected chi connectivity index (χ4v) is 7.51. The van der Waals surface area contributed by atoms with Crippen LogP contribution in [0.1, 0.15) is 56.6 Å². The van der Waals surface area contributed by atoms with E-state index in [9.17, 15) is 18.0 Å². The molecule has 1 saturated carbocycles. The number of nitrogens with zero attached hydrogens (tertiary/aromatic N) is 2. The van der Waals surface area contributed by atoms with Crippen molar-refractivity contribution in [3.8, 4) is 17.2 Å². The van der Waals surface area contributed by atoms with Crippen LogP contribution in [-0.4, -0.2) is 65.1 Å². The number of rotatable bonds is 14. The smallest absolute Gasteiger partial charge is 0.265 e. The highest BCUT2D eigenvalue weighted by atomic mass is 35.5. The number of methoxy groups -OCH3 is 3. The number of hydrogen-bond donors (Lipinski definition) is 1. The highest BCUT2D eigenvalue weighted by Gasteiger charge is 2.36. The van der Waals surface area contributed by atoms with Gasteiger partial charge in [0.1, 0.15) is 18.3 Å². The topological polar surface area (TPSA) is 114 Å². The minimum absolute atomic E-state index is 0.0402. The van der Waals surface area contributed by atoms with Crippen molar-refractivity contribution in [3.63, 3.8) is 0 Å². The van der Waals surface area contributed by atoms with Crippen LogP contribution in [0.4, 0.5) is 5.69 Å². The molecule has 10 nitrogen and oxygen atoms in total. The van der Waals surface area contributed by atoms with Crippen molar-refractivity contribution in [1.29, 1.82) is 0 Å². The van der Waals surface area contributed by atoms with Crippen LogP contribution in [0.5, 0.6) is 17.2 Å². The Labute approximate surface area is 283 Å². The number of sulfonamides is 1. The fourth-order valence-electron chi connectivity index (χ4n) is 5.91. The van der Waals surface area contributed by atoms with E-state index in [2.05, 4.69) is 5.32 Å². The van der Waals surface area contributed by atoms with Gasteiger partial charge in [0.05, 0.1) is 31.9 Å². The van der Waals surface area contributed by atoms with E-state index in [1.807, 2.05) is 38.1 Å². The third kappa shape index (κ3) is 8.50. The van der Waals surface area contributed by atoms with Gasteiger partial charge in [-0.25, -0.2) is 8.42 Å². The van der Waals surface area contributed by atoms with E-state index in [-0.39, 0.29) is 45.6 Å². The van der Waals surface area contributed by atoms with Crippen LogP contribution >= 0.6 is 11.6 Å². The van der Waals surface area contributed by atoms with Crippen molar-refractivity contribution in [2.75, 3.05) is 32.2 Å². The minimum Gasteiger partial charge on any atom is -0.495 e. The maximum atomic E-state index is 14.5. The van der Waals surface area contributed by atoms with Gasteiger partial charge in [0, 0.05) is 23.7 Å². The fraction of sp³-hybridized carbons (Fsp3) is 0.429. The van der Waals surface area contributed by atoms with Crippen molar-refractivity contribution in [3.05, 3.63) is 76.8 Å². The zero-order chi connectivity index (χ0) is 34.1. The Morgan fingerprint density at radius 2 is 1.57 bits per heavy atom. The lowest BCUT2D eigenvalue weighted by atomic mass is 9.95. The maximum Gasteiger partial charge on any atom is 0.265 e. The number of carbonyl (C=O) groups excluding carboxylic acids is 2. The van der Waals surface area contributed by atoms with E-state index in [0.717, 1.165) is 47.5 Å². The van der Waals surface area contributed by atoms with E-state index in [1.165, 1.54) is 56.6 Å². The molecular weight excluding hydrogens is 642 g/mol. The molecule has 2 amide bonds. The highest BCUT2D eigenvalue weighted by Crippen LogP contribution is 2.37. The van der Waals surface area contributed by atoms with Gasteiger partial charge in [-0.1, -0.05) is 62.1 Å². The Kier molecular flexibility index (Phi) is 12.4. The summed E-state index contributed by atoms with van der Waals surface area (Å²) >= 11 is 6.37. The Morgan fingerprint density at radius 1 is 0.915 bits per heavy atom. The quantitative estimate of drug-likeness (QED) is 0.217. The summed E-state index contributed by atoms with van der Waals surface area (Å²) in [5.41, 5.74) is 1.86. The molecule has 1 atom stereocenters. The summed E-state index contributed by atoms with van der Waals surface area (Å²) in [6.45, 7) is 3.26. The predicted octanol–water partition coefficient (Wildman–Crippen LogP) is 6.13. The van der Waals surface area contributed by atoms with Gasteiger partial charge in [-0.15, -0.1) is 0 Å². The van der Waals surface area contributed by atoms with E-state index < -0.39 is 28.5 Å². The molecule has 0 saturated heterocycles. The molecular formula is C35H44ClN3O7S.